The second kappa shape index (κ2) is 7.42. The summed E-state index contributed by atoms with van der Waals surface area (Å²) in [4.78, 5) is 24.5. The van der Waals surface area contributed by atoms with Crippen molar-refractivity contribution in [3.8, 4) is 0 Å². The molecule has 0 aromatic heterocycles. The Morgan fingerprint density at radius 3 is 2.29 bits per heavy atom. The predicted octanol–water partition coefficient (Wildman–Crippen LogP) is 7.86. The highest BCUT2D eigenvalue weighted by atomic mass is 16.4. The largest absolute Gasteiger partial charge is 0.481 e. The summed E-state index contributed by atoms with van der Waals surface area (Å²) in [6, 6.07) is -0.0735. The van der Waals surface area contributed by atoms with Crippen molar-refractivity contribution in [2.24, 2.45) is 61.8 Å². The summed E-state index contributed by atoms with van der Waals surface area (Å²) in [5.41, 5.74) is 1.31. The number of nitroso groups, excluding NO2 is 1. The van der Waals surface area contributed by atoms with Crippen LogP contribution in [0.2, 0.25) is 0 Å². The van der Waals surface area contributed by atoms with Crippen LogP contribution in [0.25, 0.3) is 0 Å². The molecule has 0 aromatic carbocycles. The highest BCUT2D eigenvalue weighted by Gasteiger charge is 2.69. The zero-order valence-corrected chi connectivity index (χ0v) is 22.6. The highest BCUT2D eigenvalue weighted by Crippen LogP contribution is 2.75. The lowest BCUT2D eigenvalue weighted by atomic mass is 9.33. The maximum absolute atomic E-state index is 12.8. The molecule has 0 heterocycles. The van der Waals surface area contributed by atoms with E-state index < -0.39 is 11.4 Å². The van der Waals surface area contributed by atoms with E-state index in [1.165, 1.54) is 12.0 Å². The monoisotopic (exact) mass is 469 g/mol. The van der Waals surface area contributed by atoms with Gasteiger partial charge < -0.3 is 5.11 Å². The van der Waals surface area contributed by atoms with Gasteiger partial charge in [0.2, 0.25) is 0 Å². The fourth-order valence-corrected chi connectivity index (χ4v) is 11.0. The van der Waals surface area contributed by atoms with Crippen LogP contribution >= 0.6 is 0 Å². The number of nitrogens with zero attached hydrogens (tertiary/aromatic N) is 1. The number of hydrogen-bond acceptors (Lipinski definition) is 3. The summed E-state index contributed by atoms with van der Waals surface area (Å²) < 4.78 is 0. The zero-order valence-electron chi connectivity index (χ0n) is 22.6. The van der Waals surface area contributed by atoms with E-state index in [9.17, 15) is 14.8 Å². The first-order valence-corrected chi connectivity index (χ1v) is 14.1. The molecular weight excluding hydrogens is 422 g/mol. The molecule has 0 saturated heterocycles. The number of fused-ring (bicyclic) bond motifs is 7. The lowest BCUT2D eigenvalue weighted by Gasteiger charge is -2.71. The molecule has 0 spiro atoms. The van der Waals surface area contributed by atoms with E-state index in [0.29, 0.717) is 23.7 Å². The minimum atomic E-state index is -0.572. The molecule has 190 valence electrons. The quantitative estimate of drug-likeness (QED) is 0.330. The third-order valence-electron chi connectivity index (χ3n) is 13.5. The molecule has 4 fully saturated rings. The fraction of sp³-hybridized carbons (Fsp3) is 0.900. The van der Waals surface area contributed by atoms with Crippen molar-refractivity contribution in [1.82, 2.24) is 0 Å². The van der Waals surface area contributed by atoms with Gasteiger partial charge in [-0.2, -0.15) is 4.91 Å². The van der Waals surface area contributed by atoms with Gasteiger partial charge in [0, 0.05) is 0 Å². The van der Waals surface area contributed by atoms with E-state index in [0.717, 1.165) is 51.4 Å². The van der Waals surface area contributed by atoms with Crippen molar-refractivity contribution in [3.05, 3.63) is 16.6 Å². The van der Waals surface area contributed by atoms with Gasteiger partial charge in [0.15, 0.2) is 0 Å². The molecule has 0 amide bonds. The van der Waals surface area contributed by atoms with Crippen LogP contribution in [0.4, 0.5) is 0 Å². The van der Waals surface area contributed by atoms with Crippen molar-refractivity contribution in [2.75, 3.05) is 0 Å². The molecule has 0 aliphatic heterocycles. The lowest BCUT2D eigenvalue weighted by Crippen LogP contribution is -2.65. The Labute approximate surface area is 206 Å². The second-order valence-electron chi connectivity index (χ2n) is 14.6. The number of carboxylic acids is 1. The fourth-order valence-electron chi connectivity index (χ4n) is 11.0. The van der Waals surface area contributed by atoms with Gasteiger partial charge in [0.05, 0.1) is 11.5 Å². The van der Waals surface area contributed by atoms with Crippen LogP contribution in [0.3, 0.4) is 0 Å². The van der Waals surface area contributed by atoms with Crippen molar-refractivity contribution >= 4 is 5.97 Å². The Morgan fingerprint density at radius 2 is 1.65 bits per heavy atom. The maximum Gasteiger partial charge on any atom is 0.310 e. The van der Waals surface area contributed by atoms with Crippen LogP contribution in [0, 0.1) is 61.6 Å². The zero-order chi connectivity index (χ0) is 24.9. The average molecular weight is 470 g/mol. The molecule has 0 radical (unpaired) electrons. The van der Waals surface area contributed by atoms with E-state index in [-0.39, 0.29) is 33.6 Å². The minimum absolute atomic E-state index is 0.0562. The number of aliphatic carboxylic acids is 1. The van der Waals surface area contributed by atoms with Crippen LogP contribution in [0.5, 0.6) is 0 Å². The van der Waals surface area contributed by atoms with Crippen LogP contribution in [-0.2, 0) is 4.79 Å². The molecule has 5 aliphatic rings. The Hall–Kier alpha value is -1.19. The first-order valence-electron chi connectivity index (χ1n) is 14.1. The third kappa shape index (κ3) is 2.75. The Balaban J connectivity index is 1.60. The number of carbonyl (C=O) groups is 1. The number of hydrogen-bond donors (Lipinski definition) is 1. The molecule has 4 heteroatoms. The van der Waals surface area contributed by atoms with Gasteiger partial charge in [-0.3, -0.25) is 4.79 Å². The highest BCUT2D eigenvalue weighted by molar-refractivity contribution is 5.76. The van der Waals surface area contributed by atoms with E-state index in [4.69, 9.17) is 0 Å². The van der Waals surface area contributed by atoms with Gasteiger partial charge in [0.1, 0.15) is 0 Å². The molecule has 1 unspecified atom stereocenters. The summed E-state index contributed by atoms with van der Waals surface area (Å²) in [6.07, 6.45) is 11.6. The van der Waals surface area contributed by atoms with E-state index >= 15 is 0 Å². The first-order chi connectivity index (χ1) is 15.8. The summed E-state index contributed by atoms with van der Waals surface area (Å²) in [6.45, 7) is 16.9. The molecule has 4 saturated carbocycles. The summed E-state index contributed by atoms with van der Waals surface area (Å²) in [7, 11) is 0. The number of rotatable bonds is 2. The molecule has 5 rings (SSSR count). The summed E-state index contributed by atoms with van der Waals surface area (Å²) in [5.74, 6) is 1.70. The minimum Gasteiger partial charge on any atom is -0.481 e. The van der Waals surface area contributed by atoms with Crippen LogP contribution < -0.4 is 0 Å². The maximum atomic E-state index is 12.8. The van der Waals surface area contributed by atoms with Crippen molar-refractivity contribution < 1.29 is 9.90 Å². The van der Waals surface area contributed by atoms with Crippen LogP contribution in [0.1, 0.15) is 106 Å². The number of allylic oxidation sites excluding steroid dienone is 2. The Morgan fingerprint density at radius 1 is 0.941 bits per heavy atom. The second-order valence-corrected chi connectivity index (χ2v) is 14.6. The van der Waals surface area contributed by atoms with Gasteiger partial charge in [-0.15, -0.1) is 0 Å². The summed E-state index contributed by atoms with van der Waals surface area (Å²) in [5, 5.41) is 14.1. The molecule has 34 heavy (non-hydrogen) atoms. The van der Waals surface area contributed by atoms with E-state index in [1.54, 1.807) is 0 Å². The van der Waals surface area contributed by atoms with Crippen LogP contribution in [-0.4, -0.2) is 17.1 Å². The van der Waals surface area contributed by atoms with Gasteiger partial charge >= 0.3 is 5.97 Å². The Bertz CT molecular complexity index is 924. The normalized spacial score (nSPS) is 53.9. The number of carboxylic acid groups (broad SMARTS) is 1. The molecule has 10 atom stereocenters. The van der Waals surface area contributed by atoms with Crippen molar-refractivity contribution in [2.45, 2.75) is 112 Å². The van der Waals surface area contributed by atoms with Gasteiger partial charge in [0.25, 0.3) is 0 Å². The SMILES string of the molecule is C[C@H]1[C@H](C)CC[C@]2(C(=O)O)CC[C@]3(C)C(=CC[C@@H]4[C@@]5(C)CCC(N=O)C(C)(C)[C@@H]5CC[C@]43C)[C@H]12. The van der Waals surface area contributed by atoms with Crippen molar-refractivity contribution in [3.63, 3.8) is 0 Å². The van der Waals surface area contributed by atoms with Crippen LogP contribution in [0.15, 0.2) is 16.8 Å². The lowest BCUT2D eigenvalue weighted by molar-refractivity contribution is -0.191. The molecule has 0 bridgehead atoms. The summed E-state index contributed by atoms with van der Waals surface area (Å²) >= 11 is 0. The molecule has 5 aliphatic carbocycles. The Kier molecular flexibility index (Phi) is 5.34. The molecule has 0 aromatic rings. The smallest absolute Gasteiger partial charge is 0.310 e. The average Bonchev–Trinajstić information content (AvgIpc) is 2.76. The van der Waals surface area contributed by atoms with Gasteiger partial charge in [-0.1, -0.05) is 65.3 Å². The van der Waals surface area contributed by atoms with E-state index in [1.807, 2.05) is 0 Å². The van der Waals surface area contributed by atoms with E-state index in [2.05, 4.69) is 59.7 Å². The molecule has 1 N–H and O–H groups in total. The topological polar surface area (TPSA) is 66.7 Å². The first kappa shape index (κ1) is 24.5. The van der Waals surface area contributed by atoms with Gasteiger partial charge in [-0.25, -0.2) is 0 Å². The molecule has 4 nitrogen and oxygen atoms in total. The van der Waals surface area contributed by atoms with Crippen molar-refractivity contribution in [1.29, 1.82) is 0 Å². The predicted molar refractivity (Wildman–Crippen MR) is 136 cm³/mol. The standard InChI is InChI=1S/C30H47NO3/c1-18-10-15-30(25(32)33)17-16-28(6)20(24(30)19(18)2)8-9-22-27(5)13-12-23(31-34)26(3,4)21(27)11-14-29(22,28)7/h8,18-19,21-24H,9-17H2,1-7H3,(H,32,33)/t18-,19+,21+,22-,23?,24+,27+,28-,29-,30+/m1/s1. The molecular formula is C30H47NO3. The third-order valence-corrected chi connectivity index (χ3v) is 13.5. The van der Waals surface area contributed by atoms with Gasteiger partial charge in [-0.05, 0) is 109 Å².